The summed E-state index contributed by atoms with van der Waals surface area (Å²) < 4.78 is 0. The molecule has 0 saturated carbocycles. The van der Waals surface area contributed by atoms with Crippen LogP contribution in [0.15, 0.2) is 72.8 Å². The molecule has 3 aromatic rings. The van der Waals surface area contributed by atoms with Crippen molar-refractivity contribution in [1.29, 1.82) is 0 Å². The molecular weight excluding hydrogens is 386 g/mol. The van der Waals surface area contributed by atoms with Gasteiger partial charge in [-0.15, -0.1) is 0 Å². The molecule has 4 rings (SSSR count). The highest BCUT2D eigenvalue weighted by molar-refractivity contribution is 5.84. The molecule has 4 heteroatoms. The maximum Gasteiger partial charge on any atom is 0.303 e. The molecule has 0 spiro atoms. The maximum absolute atomic E-state index is 12.3. The number of hydrogen-bond acceptors (Lipinski definition) is 2. The summed E-state index contributed by atoms with van der Waals surface area (Å²) in [6.07, 6.45) is 1.65. The van der Waals surface area contributed by atoms with Crippen molar-refractivity contribution >= 4 is 11.9 Å². The van der Waals surface area contributed by atoms with E-state index < -0.39 is 11.5 Å². The third-order valence-electron chi connectivity index (χ3n) is 6.27. The molecule has 1 aliphatic carbocycles. The minimum absolute atomic E-state index is 0.0224. The number of hydrogen-bond donors (Lipinski definition) is 2. The minimum Gasteiger partial charge on any atom is -0.481 e. The highest BCUT2D eigenvalue weighted by Crippen LogP contribution is 2.49. The van der Waals surface area contributed by atoms with Crippen LogP contribution in [-0.4, -0.2) is 17.0 Å². The lowest BCUT2D eigenvalue weighted by Gasteiger charge is -2.33. The third kappa shape index (κ3) is 3.98. The molecule has 0 aromatic heterocycles. The maximum atomic E-state index is 12.3. The van der Waals surface area contributed by atoms with Gasteiger partial charge in [-0.2, -0.15) is 0 Å². The lowest BCUT2D eigenvalue weighted by Crippen LogP contribution is -2.45. The largest absolute Gasteiger partial charge is 0.481 e. The van der Waals surface area contributed by atoms with Gasteiger partial charge in [0, 0.05) is 6.92 Å². The zero-order valence-corrected chi connectivity index (χ0v) is 17.9. The van der Waals surface area contributed by atoms with E-state index in [1.807, 2.05) is 43.3 Å². The molecule has 4 nitrogen and oxygen atoms in total. The number of nitrogens with one attached hydrogen (secondary N) is 1. The van der Waals surface area contributed by atoms with Crippen LogP contribution >= 0.6 is 0 Å². The number of carboxylic acids is 1. The van der Waals surface area contributed by atoms with E-state index in [-0.39, 0.29) is 18.2 Å². The van der Waals surface area contributed by atoms with Crippen LogP contribution in [-0.2, 0) is 21.5 Å². The molecule has 0 heterocycles. The summed E-state index contributed by atoms with van der Waals surface area (Å²) in [5.74, 6) is -0.859. The van der Waals surface area contributed by atoms with Crippen molar-refractivity contribution < 1.29 is 14.7 Å². The standard InChI is InChI=1S/C27H27NO3/c1-18(17-26(30)31)21-13-11-20(12-14-21)15-16-27(28-19(2)29)24-9-5-3-7-22(24)23-8-4-6-10-25(23)27/h3-14,18H,15-17H2,1-2H3,(H,28,29)(H,30,31). The molecule has 158 valence electrons. The van der Waals surface area contributed by atoms with Gasteiger partial charge in [-0.3, -0.25) is 9.59 Å². The summed E-state index contributed by atoms with van der Waals surface area (Å²) in [4.78, 5) is 23.3. The van der Waals surface area contributed by atoms with Gasteiger partial charge < -0.3 is 10.4 Å². The first-order valence-electron chi connectivity index (χ1n) is 10.7. The third-order valence-corrected chi connectivity index (χ3v) is 6.27. The lowest BCUT2D eigenvalue weighted by molar-refractivity contribution is -0.137. The monoisotopic (exact) mass is 413 g/mol. The number of benzene rings is 3. The Labute approximate surface area is 182 Å². The summed E-state index contributed by atoms with van der Waals surface area (Å²) in [6.45, 7) is 3.51. The molecule has 1 amide bonds. The number of aliphatic carboxylic acids is 1. The van der Waals surface area contributed by atoms with E-state index in [0.29, 0.717) is 0 Å². The van der Waals surface area contributed by atoms with Crippen LogP contribution in [0.25, 0.3) is 11.1 Å². The van der Waals surface area contributed by atoms with E-state index in [0.717, 1.165) is 35.1 Å². The van der Waals surface area contributed by atoms with Gasteiger partial charge in [0.15, 0.2) is 0 Å². The van der Waals surface area contributed by atoms with Crippen LogP contribution in [0, 0.1) is 0 Å². The quantitative estimate of drug-likeness (QED) is 0.555. The first-order valence-corrected chi connectivity index (χ1v) is 10.7. The summed E-state index contributed by atoms with van der Waals surface area (Å²) >= 11 is 0. The predicted molar refractivity (Wildman–Crippen MR) is 122 cm³/mol. The average molecular weight is 414 g/mol. The van der Waals surface area contributed by atoms with Gasteiger partial charge >= 0.3 is 5.97 Å². The van der Waals surface area contributed by atoms with E-state index in [2.05, 4.69) is 41.7 Å². The first kappa shape index (κ1) is 20.9. The molecule has 2 N–H and O–H groups in total. The zero-order valence-electron chi connectivity index (χ0n) is 17.9. The van der Waals surface area contributed by atoms with Crippen LogP contribution in [0.2, 0.25) is 0 Å². The first-order chi connectivity index (χ1) is 14.9. The Morgan fingerprint density at radius 2 is 1.45 bits per heavy atom. The van der Waals surface area contributed by atoms with Crippen molar-refractivity contribution in [2.75, 3.05) is 0 Å². The van der Waals surface area contributed by atoms with Crippen molar-refractivity contribution in [2.24, 2.45) is 0 Å². The minimum atomic E-state index is -0.785. The van der Waals surface area contributed by atoms with Crippen molar-refractivity contribution in [3.63, 3.8) is 0 Å². The Hall–Kier alpha value is -3.40. The van der Waals surface area contributed by atoms with Crippen molar-refractivity contribution in [3.8, 4) is 11.1 Å². The highest BCUT2D eigenvalue weighted by Gasteiger charge is 2.43. The van der Waals surface area contributed by atoms with Gasteiger partial charge in [0.2, 0.25) is 5.91 Å². The number of rotatable bonds is 7. The highest BCUT2D eigenvalue weighted by atomic mass is 16.4. The second-order valence-corrected chi connectivity index (χ2v) is 8.42. The fourth-order valence-corrected chi connectivity index (χ4v) is 4.82. The molecule has 0 saturated heterocycles. The molecule has 1 atom stereocenters. The molecule has 1 aliphatic rings. The van der Waals surface area contributed by atoms with E-state index in [9.17, 15) is 9.59 Å². The summed E-state index contributed by atoms with van der Waals surface area (Å²) in [7, 11) is 0. The second-order valence-electron chi connectivity index (χ2n) is 8.42. The fourth-order valence-electron chi connectivity index (χ4n) is 4.82. The van der Waals surface area contributed by atoms with Crippen molar-refractivity contribution in [2.45, 2.75) is 44.6 Å². The number of carboxylic acid groups (broad SMARTS) is 1. The zero-order chi connectivity index (χ0) is 22.0. The average Bonchev–Trinajstić information content (AvgIpc) is 3.02. The second kappa shape index (κ2) is 8.38. The van der Waals surface area contributed by atoms with Gasteiger partial charge in [0.25, 0.3) is 0 Å². The summed E-state index contributed by atoms with van der Waals surface area (Å²) in [6, 6.07) is 24.8. The SMILES string of the molecule is CC(=O)NC1(CCc2ccc(C(C)CC(=O)O)cc2)c2ccccc2-c2ccccc21. The Morgan fingerprint density at radius 3 is 1.97 bits per heavy atom. The van der Waals surface area contributed by atoms with Crippen LogP contribution in [0.5, 0.6) is 0 Å². The van der Waals surface area contributed by atoms with E-state index in [1.54, 1.807) is 6.92 Å². The molecule has 1 unspecified atom stereocenters. The summed E-state index contributed by atoms with van der Waals surface area (Å²) in [5.41, 5.74) is 6.25. The number of aryl methyl sites for hydroxylation is 1. The molecule has 0 bridgehead atoms. The van der Waals surface area contributed by atoms with E-state index in [1.165, 1.54) is 11.1 Å². The Morgan fingerprint density at radius 1 is 0.903 bits per heavy atom. The van der Waals surface area contributed by atoms with E-state index in [4.69, 9.17) is 5.11 Å². The van der Waals surface area contributed by atoms with Crippen LogP contribution in [0.3, 0.4) is 0 Å². The fraction of sp³-hybridized carbons (Fsp3) is 0.259. The molecule has 0 aliphatic heterocycles. The predicted octanol–water partition coefficient (Wildman–Crippen LogP) is 5.26. The van der Waals surface area contributed by atoms with Crippen LogP contribution in [0.1, 0.15) is 54.9 Å². The van der Waals surface area contributed by atoms with E-state index >= 15 is 0 Å². The van der Waals surface area contributed by atoms with Crippen LogP contribution in [0.4, 0.5) is 0 Å². The number of carbonyl (C=O) groups is 2. The number of carbonyl (C=O) groups excluding carboxylic acids is 1. The Bertz CT molecular complexity index is 1070. The van der Waals surface area contributed by atoms with Gasteiger partial charge in [-0.05, 0) is 52.1 Å². The number of amides is 1. The topological polar surface area (TPSA) is 66.4 Å². The Balaban J connectivity index is 1.65. The normalized spacial score (nSPS) is 14.4. The molecule has 3 aromatic carbocycles. The molecule has 0 radical (unpaired) electrons. The smallest absolute Gasteiger partial charge is 0.303 e. The number of fused-ring (bicyclic) bond motifs is 3. The lowest BCUT2D eigenvalue weighted by atomic mass is 9.81. The molecular formula is C27H27NO3. The van der Waals surface area contributed by atoms with Crippen molar-refractivity contribution in [1.82, 2.24) is 5.32 Å². The van der Waals surface area contributed by atoms with Gasteiger partial charge in [0.1, 0.15) is 0 Å². The molecule has 0 fully saturated rings. The van der Waals surface area contributed by atoms with Gasteiger partial charge in [-0.1, -0.05) is 79.7 Å². The van der Waals surface area contributed by atoms with Crippen LogP contribution < -0.4 is 5.32 Å². The van der Waals surface area contributed by atoms with Crippen molar-refractivity contribution in [3.05, 3.63) is 95.1 Å². The van der Waals surface area contributed by atoms with Gasteiger partial charge in [-0.25, -0.2) is 0 Å². The molecule has 31 heavy (non-hydrogen) atoms. The summed E-state index contributed by atoms with van der Waals surface area (Å²) in [5, 5.41) is 12.3. The Kier molecular flexibility index (Phi) is 5.64. The van der Waals surface area contributed by atoms with Gasteiger partial charge in [0.05, 0.1) is 12.0 Å².